The quantitative estimate of drug-likeness (QED) is 0.798. The number of hydrogen-bond donors (Lipinski definition) is 1. The third-order valence-electron chi connectivity index (χ3n) is 1.95. The molecule has 15 heavy (non-hydrogen) atoms. The summed E-state index contributed by atoms with van der Waals surface area (Å²) in [7, 11) is 0. The number of ketones is 1. The second-order valence-electron chi connectivity index (χ2n) is 3.21. The molecular weight excluding hydrogens is 258 g/mol. The van der Waals surface area contributed by atoms with Gasteiger partial charge in [-0.3, -0.25) is 4.79 Å². The monoisotopic (exact) mass is 271 g/mol. The number of carbonyl (C=O) groups is 1. The van der Waals surface area contributed by atoms with Gasteiger partial charge >= 0.3 is 0 Å². The molecule has 1 rings (SSSR count). The van der Waals surface area contributed by atoms with Crippen molar-refractivity contribution in [2.75, 3.05) is 11.9 Å². The van der Waals surface area contributed by atoms with Crippen molar-refractivity contribution in [2.24, 2.45) is 5.73 Å². The van der Waals surface area contributed by atoms with E-state index in [1.54, 1.807) is 0 Å². The minimum Gasteiger partial charge on any atom is -0.375 e. The van der Waals surface area contributed by atoms with Crippen LogP contribution < -0.4 is 5.73 Å². The summed E-state index contributed by atoms with van der Waals surface area (Å²) >= 11 is 3.07. The number of nitrogens with two attached hydrogens (primary N) is 1. The zero-order valence-electron chi connectivity index (χ0n) is 8.36. The van der Waals surface area contributed by atoms with E-state index in [2.05, 4.69) is 15.9 Å². The van der Waals surface area contributed by atoms with Crippen LogP contribution in [0.3, 0.4) is 0 Å². The Hall–Kier alpha value is -0.710. The van der Waals surface area contributed by atoms with E-state index < -0.39 is 6.04 Å². The number of halogens is 1. The molecule has 82 valence electrons. The first-order chi connectivity index (χ1) is 7.24. The third kappa shape index (κ3) is 4.55. The number of rotatable bonds is 6. The maximum Gasteiger partial charge on any atom is 0.162 e. The van der Waals surface area contributed by atoms with Gasteiger partial charge in [0, 0.05) is 0 Å². The maximum atomic E-state index is 11.1. The number of alkyl halides is 1. The molecule has 1 aromatic rings. The van der Waals surface area contributed by atoms with E-state index >= 15 is 0 Å². The molecule has 2 N–H and O–H groups in total. The average Bonchev–Trinajstić information content (AvgIpc) is 2.29. The van der Waals surface area contributed by atoms with Crippen LogP contribution in [0.1, 0.15) is 5.56 Å². The molecule has 0 radical (unpaired) electrons. The number of ether oxygens (including phenoxy) is 1. The van der Waals surface area contributed by atoms with Gasteiger partial charge in [0.25, 0.3) is 0 Å². The molecule has 3 nitrogen and oxygen atoms in total. The molecule has 0 unspecified atom stereocenters. The molecule has 0 bridgehead atoms. The lowest BCUT2D eigenvalue weighted by Crippen LogP contribution is -2.35. The molecule has 0 aliphatic carbocycles. The first kappa shape index (κ1) is 12.4. The van der Waals surface area contributed by atoms with E-state index in [1.165, 1.54) is 0 Å². The zero-order valence-corrected chi connectivity index (χ0v) is 9.94. The summed E-state index contributed by atoms with van der Waals surface area (Å²) < 4.78 is 5.34. The molecule has 0 saturated carbocycles. The normalized spacial score (nSPS) is 12.4. The van der Waals surface area contributed by atoms with Crippen LogP contribution in [-0.2, 0) is 16.1 Å². The standard InChI is InChI=1S/C11H14BrNO2/c12-6-11(14)10(13)8-15-7-9-4-2-1-3-5-9/h1-5,10H,6-8,13H2/t10-/m0/s1. The van der Waals surface area contributed by atoms with Gasteiger partial charge in [0.2, 0.25) is 0 Å². The summed E-state index contributed by atoms with van der Waals surface area (Å²) in [4.78, 5) is 11.1. The Labute approximate surface area is 97.7 Å². The lowest BCUT2D eigenvalue weighted by atomic mass is 10.2. The predicted molar refractivity (Wildman–Crippen MR) is 62.9 cm³/mol. The van der Waals surface area contributed by atoms with Crippen molar-refractivity contribution in [3.63, 3.8) is 0 Å². The molecule has 0 spiro atoms. The number of hydrogen-bond acceptors (Lipinski definition) is 3. The van der Waals surface area contributed by atoms with E-state index in [-0.39, 0.29) is 17.7 Å². The lowest BCUT2D eigenvalue weighted by molar-refractivity contribution is -0.119. The molecule has 1 atom stereocenters. The summed E-state index contributed by atoms with van der Waals surface area (Å²) in [5, 5.41) is 0.281. The third-order valence-corrected chi connectivity index (χ3v) is 2.51. The highest BCUT2D eigenvalue weighted by Gasteiger charge is 2.11. The van der Waals surface area contributed by atoms with Gasteiger partial charge in [-0.1, -0.05) is 46.3 Å². The largest absolute Gasteiger partial charge is 0.375 e. The summed E-state index contributed by atoms with van der Waals surface area (Å²) in [6, 6.07) is 9.25. The molecule has 0 aliphatic rings. The van der Waals surface area contributed by atoms with Gasteiger partial charge in [-0.05, 0) is 5.56 Å². The van der Waals surface area contributed by atoms with Crippen LogP contribution >= 0.6 is 15.9 Å². The van der Waals surface area contributed by atoms with Gasteiger partial charge in [-0.2, -0.15) is 0 Å². The van der Waals surface area contributed by atoms with Crippen molar-refractivity contribution in [1.29, 1.82) is 0 Å². The van der Waals surface area contributed by atoms with Crippen molar-refractivity contribution in [3.8, 4) is 0 Å². The van der Waals surface area contributed by atoms with E-state index in [0.717, 1.165) is 5.56 Å². The predicted octanol–water partition coefficient (Wildman–Crippen LogP) is 1.49. The van der Waals surface area contributed by atoms with Crippen LogP contribution in [-0.4, -0.2) is 23.8 Å². The Morgan fingerprint density at radius 1 is 1.40 bits per heavy atom. The highest BCUT2D eigenvalue weighted by molar-refractivity contribution is 9.09. The summed E-state index contributed by atoms with van der Waals surface area (Å²) in [6.45, 7) is 0.753. The fourth-order valence-corrected chi connectivity index (χ4v) is 1.49. The Kier molecular flexibility index (Phi) is 5.53. The molecule has 4 heteroatoms. The fraction of sp³-hybridized carbons (Fsp3) is 0.364. The second kappa shape index (κ2) is 6.71. The van der Waals surface area contributed by atoms with Crippen LogP contribution in [0.2, 0.25) is 0 Å². The van der Waals surface area contributed by atoms with Crippen LogP contribution in [0.5, 0.6) is 0 Å². The highest BCUT2D eigenvalue weighted by Crippen LogP contribution is 2.01. The topological polar surface area (TPSA) is 52.3 Å². The molecule has 1 aromatic carbocycles. The van der Waals surface area contributed by atoms with E-state index in [4.69, 9.17) is 10.5 Å². The lowest BCUT2D eigenvalue weighted by Gasteiger charge is -2.09. The summed E-state index contributed by atoms with van der Waals surface area (Å²) in [5.74, 6) is -0.0388. The molecule has 0 amide bonds. The molecule has 0 aliphatic heterocycles. The molecule has 0 aromatic heterocycles. The van der Waals surface area contributed by atoms with Gasteiger partial charge in [-0.15, -0.1) is 0 Å². The van der Waals surface area contributed by atoms with E-state index in [9.17, 15) is 4.79 Å². The van der Waals surface area contributed by atoms with Crippen molar-refractivity contribution in [1.82, 2.24) is 0 Å². The fourth-order valence-electron chi connectivity index (χ4n) is 1.07. The Bertz CT molecular complexity index is 303. The second-order valence-corrected chi connectivity index (χ2v) is 3.77. The van der Waals surface area contributed by atoms with E-state index in [0.29, 0.717) is 6.61 Å². The van der Waals surface area contributed by atoms with Crippen molar-refractivity contribution in [2.45, 2.75) is 12.6 Å². The number of Topliss-reactive ketones (excluding diaryl/α,β-unsaturated/α-hetero) is 1. The van der Waals surface area contributed by atoms with Gasteiger partial charge < -0.3 is 10.5 Å². The first-order valence-electron chi connectivity index (χ1n) is 4.70. The summed E-state index contributed by atoms with van der Waals surface area (Å²) in [6.07, 6.45) is 0. The van der Waals surface area contributed by atoms with E-state index in [1.807, 2.05) is 30.3 Å². The molecular formula is C11H14BrNO2. The van der Waals surface area contributed by atoms with Crippen LogP contribution in [0.15, 0.2) is 30.3 Å². The van der Waals surface area contributed by atoms with Crippen molar-refractivity contribution < 1.29 is 9.53 Å². The van der Waals surface area contributed by atoms with Gasteiger partial charge in [0.05, 0.1) is 24.6 Å². The minimum absolute atomic E-state index is 0.0388. The summed E-state index contributed by atoms with van der Waals surface area (Å²) in [5.41, 5.74) is 6.67. The molecule has 0 heterocycles. The zero-order chi connectivity index (χ0) is 11.1. The highest BCUT2D eigenvalue weighted by atomic mass is 79.9. The maximum absolute atomic E-state index is 11.1. The Balaban J connectivity index is 2.25. The molecule has 0 saturated heterocycles. The molecule has 0 fully saturated rings. The number of carbonyl (C=O) groups excluding carboxylic acids is 1. The minimum atomic E-state index is -0.534. The smallest absolute Gasteiger partial charge is 0.162 e. The van der Waals surface area contributed by atoms with Gasteiger partial charge in [0.15, 0.2) is 5.78 Å². The average molecular weight is 272 g/mol. The van der Waals surface area contributed by atoms with Crippen molar-refractivity contribution in [3.05, 3.63) is 35.9 Å². The van der Waals surface area contributed by atoms with Crippen LogP contribution in [0.25, 0.3) is 0 Å². The van der Waals surface area contributed by atoms with Crippen LogP contribution in [0, 0.1) is 0 Å². The number of benzene rings is 1. The first-order valence-corrected chi connectivity index (χ1v) is 5.82. The van der Waals surface area contributed by atoms with Gasteiger partial charge in [0.1, 0.15) is 0 Å². The van der Waals surface area contributed by atoms with Gasteiger partial charge in [-0.25, -0.2) is 0 Å². The Morgan fingerprint density at radius 3 is 2.67 bits per heavy atom. The van der Waals surface area contributed by atoms with Crippen LogP contribution in [0.4, 0.5) is 0 Å². The van der Waals surface area contributed by atoms with Crippen molar-refractivity contribution >= 4 is 21.7 Å². The SMILES string of the molecule is N[C@@H](COCc1ccccc1)C(=O)CBr. The Morgan fingerprint density at radius 2 is 2.07 bits per heavy atom.